The Hall–Kier alpha value is -0.850. The van der Waals surface area contributed by atoms with Crippen LogP contribution in [-0.2, 0) is 4.84 Å². The van der Waals surface area contributed by atoms with Gasteiger partial charge in [-0.05, 0) is 46.7 Å². The minimum absolute atomic E-state index is 0.105. The minimum Gasteiger partial charge on any atom is -0.389 e. The molecule has 0 aromatic carbocycles. The van der Waals surface area contributed by atoms with Gasteiger partial charge in [0.05, 0.1) is 6.10 Å². The van der Waals surface area contributed by atoms with Crippen LogP contribution in [0.4, 0.5) is 4.79 Å². The predicted molar refractivity (Wildman–Crippen MR) is 73.7 cm³/mol. The summed E-state index contributed by atoms with van der Waals surface area (Å²) in [6.07, 6.45) is 3.09. The normalized spacial score (nSPS) is 18.9. The fourth-order valence-corrected chi connectivity index (χ4v) is 2.06. The zero-order valence-electron chi connectivity index (χ0n) is 12.2. The van der Waals surface area contributed by atoms with Crippen LogP contribution in [0.15, 0.2) is 0 Å². The summed E-state index contributed by atoms with van der Waals surface area (Å²) in [7, 11) is 0. The van der Waals surface area contributed by atoms with E-state index in [-0.39, 0.29) is 12.1 Å². The fourth-order valence-electron chi connectivity index (χ4n) is 2.06. The Morgan fingerprint density at radius 2 is 1.95 bits per heavy atom. The van der Waals surface area contributed by atoms with Gasteiger partial charge in [-0.25, -0.2) is 10.3 Å². The average molecular weight is 273 g/mol. The molecular formula is C13H27N3O3. The van der Waals surface area contributed by atoms with E-state index in [4.69, 9.17) is 4.84 Å². The summed E-state index contributed by atoms with van der Waals surface area (Å²) in [4.78, 5) is 18.6. The molecule has 0 aliphatic carbocycles. The van der Waals surface area contributed by atoms with Crippen LogP contribution in [0.5, 0.6) is 0 Å². The Labute approximate surface area is 115 Å². The second-order valence-electron chi connectivity index (χ2n) is 6.13. The second kappa shape index (κ2) is 7.67. The maximum atomic E-state index is 11.4. The first-order chi connectivity index (χ1) is 8.87. The number of aliphatic hydroxyl groups is 1. The molecule has 2 amide bonds. The lowest BCUT2D eigenvalue weighted by Gasteiger charge is -2.28. The van der Waals surface area contributed by atoms with Crippen molar-refractivity contribution < 1.29 is 14.7 Å². The molecule has 6 nitrogen and oxygen atoms in total. The molecule has 6 heteroatoms. The van der Waals surface area contributed by atoms with Gasteiger partial charge < -0.3 is 15.3 Å². The third-order valence-corrected chi connectivity index (χ3v) is 2.85. The molecule has 1 rings (SSSR count). The highest BCUT2D eigenvalue weighted by Gasteiger charge is 2.16. The number of piperidine rings is 1. The molecule has 1 saturated heterocycles. The molecule has 112 valence electrons. The number of hydrogen-bond acceptors (Lipinski definition) is 4. The summed E-state index contributed by atoms with van der Waals surface area (Å²) in [5, 5.41) is 12.5. The molecule has 0 saturated carbocycles. The van der Waals surface area contributed by atoms with E-state index in [0.717, 1.165) is 13.1 Å². The number of hydroxylamine groups is 1. The number of aliphatic hydroxyl groups excluding tert-OH is 1. The minimum atomic E-state index is -0.576. The number of carbonyl (C=O) groups is 1. The molecule has 1 heterocycles. The highest BCUT2D eigenvalue weighted by atomic mass is 16.7. The van der Waals surface area contributed by atoms with E-state index in [1.807, 2.05) is 20.8 Å². The van der Waals surface area contributed by atoms with Gasteiger partial charge in [0, 0.05) is 12.1 Å². The van der Waals surface area contributed by atoms with E-state index >= 15 is 0 Å². The molecule has 0 aromatic rings. The number of rotatable bonds is 5. The standard InChI is InChI=1S/C13H27N3O3/c1-13(2,3)14-12(18)15-19-10-11(17)9-16-7-5-4-6-8-16/h11,17H,4-10H2,1-3H3,(H2,14,15,18). The van der Waals surface area contributed by atoms with Gasteiger partial charge in [-0.1, -0.05) is 6.42 Å². The van der Waals surface area contributed by atoms with E-state index < -0.39 is 12.1 Å². The van der Waals surface area contributed by atoms with Crippen molar-refractivity contribution >= 4 is 6.03 Å². The summed E-state index contributed by atoms with van der Waals surface area (Å²) in [5.74, 6) is 0. The van der Waals surface area contributed by atoms with Gasteiger partial charge in [0.1, 0.15) is 6.61 Å². The third-order valence-electron chi connectivity index (χ3n) is 2.85. The number of nitrogens with one attached hydrogen (secondary N) is 2. The molecule has 1 unspecified atom stereocenters. The lowest BCUT2D eigenvalue weighted by molar-refractivity contribution is -0.0181. The highest BCUT2D eigenvalue weighted by molar-refractivity contribution is 5.73. The first kappa shape index (κ1) is 16.2. The average Bonchev–Trinajstić information content (AvgIpc) is 2.27. The monoisotopic (exact) mass is 273 g/mol. The first-order valence-electron chi connectivity index (χ1n) is 6.97. The number of hydrogen-bond donors (Lipinski definition) is 3. The molecule has 1 aliphatic heterocycles. The zero-order valence-corrected chi connectivity index (χ0v) is 12.2. The second-order valence-corrected chi connectivity index (χ2v) is 6.13. The maximum absolute atomic E-state index is 11.4. The van der Waals surface area contributed by atoms with Crippen molar-refractivity contribution in [2.75, 3.05) is 26.2 Å². The van der Waals surface area contributed by atoms with Crippen LogP contribution in [0.1, 0.15) is 40.0 Å². The van der Waals surface area contributed by atoms with E-state index in [1.54, 1.807) is 0 Å². The van der Waals surface area contributed by atoms with Crippen molar-refractivity contribution in [3.05, 3.63) is 0 Å². The predicted octanol–water partition coefficient (Wildman–Crippen LogP) is 0.862. The quantitative estimate of drug-likeness (QED) is 0.650. The molecule has 19 heavy (non-hydrogen) atoms. The van der Waals surface area contributed by atoms with Gasteiger partial charge in [0.2, 0.25) is 0 Å². The molecule has 0 aromatic heterocycles. The van der Waals surface area contributed by atoms with Crippen LogP contribution in [0.25, 0.3) is 0 Å². The summed E-state index contributed by atoms with van der Waals surface area (Å²) in [6.45, 7) is 8.44. The van der Waals surface area contributed by atoms with Crippen molar-refractivity contribution in [3.8, 4) is 0 Å². The van der Waals surface area contributed by atoms with Crippen molar-refractivity contribution in [2.24, 2.45) is 0 Å². The van der Waals surface area contributed by atoms with Gasteiger partial charge in [0.25, 0.3) is 0 Å². The van der Waals surface area contributed by atoms with Crippen molar-refractivity contribution in [3.63, 3.8) is 0 Å². The van der Waals surface area contributed by atoms with Gasteiger partial charge in [-0.3, -0.25) is 4.84 Å². The Morgan fingerprint density at radius 3 is 2.53 bits per heavy atom. The lowest BCUT2D eigenvalue weighted by atomic mass is 10.1. The van der Waals surface area contributed by atoms with E-state index in [0.29, 0.717) is 6.54 Å². The summed E-state index contributed by atoms with van der Waals surface area (Å²) >= 11 is 0. The van der Waals surface area contributed by atoms with Crippen molar-refractivity contribution in [1.82, 2.24) is 15.7 Å². The molecule has 0 bridgehead atoms. The van der Waals surface area contributed by atoms with Crippen LogP contribution >= 0.6 is 0 Å². The topological polar surface area (TPSA) is 73.8 Å². The Balaban J connectivity index is 2.09. The Bertz CT molecular complexity index is 273. The van der Waals surface area contributed by atoms with Crippen LogP contribution < -0.4 is 10.8 Å². The molecule has 1 aliphatic rings. The van der Waals surface area contributed by atoms with Gasteiger partial charge in [0.15, 0.2) is 0 Å². The number of carbonyl (C=O) groups excluding carboxylic acids is 1. The number of urea groups is 1. The molecule has 3 N–H and O–H groups in total. The van der Waals surface area contributed by atoms with E-state index in [2.05, 4.69) is 15.7 Å². The molecule has 0 radical (unpaired) electrons. The van der Waals surface area contributed by atoms with E-state index in [1.165, 1.54) is 19.3 Å². The third kappa shape index (κ3) is 8.02. The number of likely N-dealkylation sites (tertiary alicyclic amines) is 1. The number of amides is 2. The van der Waals surface area contributed by atoms with Crippen LogP contribution in [0.3, 0.4) is 0 Å². The van der Waals surface area contributed by atoms with Crippen molar-refractivity contribution in [1.29, 1.82) is 0 Å². The Morgan fingerprint density at radius 1 is 1.32 bits per heavy atom. The highest BCUT2D eigenvalue weighted by Crippen LogP contribution is 2.08. The number of β-amino-alcohol motifs (C(OH)–C–C–N with tert-alkyl or cyclic N) is 1. The molecule has 1 fully saturated rings. The summed E-state index contributed by atoms with van der Waals surface area (Å²) in [6, 6.07) is -0.391. The fraction of sp³-hybridized carbons (Fsp3) is 0.923. The molecule has 1 atom stereocenters. The largest absolute Gasteiger partial charge is 0.389 e. The van der Waals surface area contributed by atoms with Crippen LogP contribution in [0, 0.1) is 0 Å². The van der Waals surface area contributed by atoms with E-state index in [9.17, 15) is 9.90 Å². The molecular weight excluding hydrogens is 246 g/mol. The summed E-state index contributed by atoms with van der Waals surface area (Å²) in [5.41, 5.74) is 1.97. The summed E-state index contributed by atoms with van der Waals surface area (Å²) < 4.78 is 0. The van der Waals surface area contributed by atoms with Crippen LogP contribution in [0.2, 0.25) is 0 Å². The zero-order chi connectivity index (χ0) is 14.3. The molecule has 0 spiro atoms. The number of nitrogens with zero attached hydrogens (tertiary/aromatic N) is 1. The maximum Gasteiger partial charge on any atom is 0.339 e. The van der Waals surface area contributed by atoms with Gasteiger partial charge >= 0.3 is 6.03 Å². The Kier molecular flexibility index (Phi) is 6.54. The van der Waals surface area contributed by atoms with Crippen molar-refractivity contribution in [2.45, 2.75) is 51.7 Å². The van der Waals surface area contributed by atoms with Gasteiger partial charge in [-0.15, -0.1) is 0 Å². The SMILES string of the molecule is CC(C)(C)NC(=O)NOCC(O)CN1CCCCC1. The smallest absolute Gasteiger partial charge is 0.339 e. The lowest BCUT2D eigenvalue weighted by Crippen LogP contribution is -2.47. The van der Waals surface area contributed by atoms with Crippen LogP contribution in [-0.4, -0.2) is 53.9 Å². The van der Waals surface area contributed by atoms with Gasteiger partial charge in [-0.2, -0.15) is 0 Å². The first-order valence-corrected chi connectivity index (χ1v) is 6.97.